The summed E-state index contributed by atoms with van der Waals surface area (Å²) in [5, 5.41) is 16.6. The Balaban J connectivity index is 1.63. The normalized spacial score (nSPS) is 11.0. The van der Waals surface area contributed by atoms with Gasteiger partial charge < -0.3 is 15.0 Å². The van der Waals surface area contributed by atoms with Crippen molar-refractivity contribution in [2.45, 2.75) is 33.2 Å². The lowest BCUT2D eigenvalue weighted by Gasteiger charge is -2.13. The summed E-state index contributed by atoms with van der Waals surface area (Å²) in [5.74, 6) is 0.892. The zero-order chi connectivity index (χ0) is 22.0. The second-order valence-corrected chi connectivity index (χ2v) is 7.22. The molecule has 0 radical (unpaired) electrons. The maximum absolute atomic E-state index is 13.2. The molecule has 0 fully saturated rings. The van der Waals surface area contributed by atoms with Crippen molar-refractivity contribution in [3.8, 4) is 17.1 Å². The second kappa shape index (κ2) is 8.43. The molecule has 0 atom stereocenters. The Labute approximate surface area is 178 Å². The molecule has 0 spiro atoms. The third-order valence-corrected chi connectivity index (χ3v) is 5.22. The van der Waals surface area contributed by atoms with Crippen LogP contribution in [0.5, 0.6) is 5.75 Å². The van der Waals surface area contributed by atoms with E-state index in [-0.39, 0.29) is 30.1 Å². The number of phenolic OH excluding ortho intramolecular Hbond substituents is 1. The number of aromatic nitrogens is 4. The van der Waals surface area contributed by atoms with E-state index in [2.05, 4.69) is 15.4 Å². The van der Waals surface area contributed by atoms with Gasteiger partial charge in [0.05, 0.1) is 0 Å². The molecule has 0 aliphatic rings. The summed E-state index contributed by atoms with van der Waals surface area (Å²) in [6, 6.07) is 15.8. The molecule has 2 aromatic heterocycles. The van der Waals surface area contributed by atoms with E-state index >= 15 is 0 Å². The molecule has 1 amide bonds. The molecule has 0 bridgehead atoms. The number of aryl methyl sites for hydroxylation is 1. The van der Waals surface area contributed by atoms with Gasteiger partial charge in [-0.3, -0.25) is 9.59 Å². The van der Waals surface area contributed by atoms with Gasteiger partial charge in [-0.2, -0.15) is 9.50 Å². The van der Waals surface area contributed by atoms with Gasteiger partial charge in [-0.25, -0.2) is 0 Å². The van der Waals surface area contributed by atoms with Crippen LogP contribution in [0.25, 0.3) is 17.2 Å². The minimum Gasteiger partial charge on any atom is -0.508 e. The quantitative estimate of drug-likeness (QED) is 0.469. The van der Waals surface area contributed by atoms with Crippen LogP contribution in [0.1, 0.15) is 24.6 Å². The molecule has 4 rings (SSSR count). The van der Waals surface area contributed by atoms with Crippen LogP contribution in [0.3, 0.4) is 0 Å². The minimum atomic E-state index is -0.260. The molecule has 0 aliphatic carbocycles. The van der Waals surface area contributed by atoms with Crippen LogP contribution in [-0.2, 0) is 17.8 Å². The van der Waals surface area contributed by atoms with Crippen LogP contribution in [0.2, 0.25) is 0 Å². The maximum Gasteiger partial charge on any atom is 0.279 e. The number of rotatable bonds is 6. The Morgan fingerprint density at radius 2 is 1.81 bits per heavy atom. The summed E-state index contributed by atoms with van der Waals surface area (Å²) < 4.78 is 3.26. The van der Waals surface area contributed by atoms with Gasteiger partial charge >= 0.3 is 0 Å². The molecule has 4 aromatic rings. The summed E-state index contributed by atoms with van der Waals surface area (Å²) in [6.07, 6.45) is 0.428. The molecule has 0 saturated heterocycles. The molecule has 0 aliphatic heterocycles. The lowest BCUT2D eigenvalue weighted by Crippen LogP contribution is -2.27. The number of carbonyl (C=O) groups excluding carboxylic acids is 1. The van der Waals surface area contributed by atoms with Crippen LogP contribution in [0, 0.1) is 6.92 Å². The highest BCUT2D eigenvalue weighted by Gasteiger charge is 2.18. The number of hydrogen-bond donors (Lipinski definition) is 2. The van der Waals surface area contributed by atoms with E-state index in [1.807, 2.05) is 48.7 Å². The van der Waals surface area contributed by atoms with E-state index in [0.29, 0.717) is 29.4 Å². The van der Waals surface area contributed by atoms with Crippen molar-refractivity contribution in [3.63, 3.8) is 0 Å². The average molecular weight is 417 g/mol. The first-order valence-electron chi connectivity index (χ1n) is 10.1. The fourth-order valence-corrected chi connectivity index (χ4v) is 3.59. The summed E-state index contributed by atoms with van der Waals surface area (Å²) in [5.41, 5.74) is 2.49. The first-order chi connectivity index (χ1) is 15.0. The predicted molar refractivity (Wildman–Crippen MR) is 118 cm³/mol. The molecule has 0 unspecified atom stereocenters. The number of nitrogens with zero attached hydrogens (tertiary/aromatic N) is 4. The fourth-order valence-electron chi connectivity index (χ4n) is 3.59. The Hall–Kier alpha value is -3.94. The zero-order valence-electron chi connectivity index (χ0n) is 17.4. The Morgan fingerprint density at radius 1 is 1.10 bits per heavy atom. The van der Waals surface area contributed by atoms with Gasteiger partial charge in [-0.1, -0.05) is 30.3 Å². The number of anilines is 1. The van der Waals surface area contributed by atoms with E-state index in [9.17, 15) is 14.7 Å². The van der Waals surface area contributed by atoms with E-state index in [0.717, 1.165) is 11.3 Å². The molecule has 158 valence electrons. The Morgan fingerprint density at radius 3 is 2.48 bits per heavy atom. The number of nitrogens with one attached hydrogen (secondary N) is 1. The number of fused-ring (bicyclic) bond motifs is 1. The largest absolute Gasteiger partial charge is 0.508 e. The Bertz CT molecular complexity index is 1290. The standard InChI is InChI=1S/C23H23N5O3/c1-3-27-15(2)19(13-14-20(30)24-17-9-11-18(29)12-10-17)22(31)28-23(27)25-21(26-28)16-7-5-4-6-8-16/h4-12,29H,3,13-14H2,1-2H3,(H,24,30). The molecular formula is C23H23N5O3. The molecule has 2 heterocycles. The zero-order valence-corrected chi connectivity index (χ0v) is 17.4. The fraction of sp³-hybridized carbons (Fsp3) is 0.217. The summed E-state index contributed by atoms with van der Waals surface area (Å²) in [7, 11) is 0. The summed E-state index contributed by atoms with van der Waals surface area (Å²) >= 11 is 0. The van der Waals surface area contributed by atoms with Crippen molar-refractivity contribution in [2.24, 2.45) is 0 Å². The average Bonchev–Trinajstić information content (AvgIpc) is 3.22. The van der Waals surface area contributed by atoms with Crippen LogP contribution in [0.15, 0.2) is 59.4 Å². The third-order valence-electron chi connectivity index (χ3n) is 5.22. The molecule has 8 heteroatoms. The Kier molecular flexibility index (Phi) is 5.53. The highest BCUT2D eigenvalue weighted by Crippen LogP contribution is 2.18. The van der Waals surface area contributed by atoms with Crippen molar-refractivity contribution in [3.05, 3.63) is 76.2 Å². The number of amides is 1. The summed E-state index contributed by atoms with van der Waals surface area (Å²) in [6.45, 7) is 4.47. The monoisotopic (exact) mass is 417 g/mol. The predicted octanol–water partition coefficient (Wildman–Crippen LogP) is 3.16. The van der Waals surface area contributed by atoms with E-state index in [4.69, 9.17) is 0 Å². The maximum atomic E-state index is 13.2. The van der Waals surface area contributed by atoms with E-state index in [1.54, 1.807) is 12.1 Å². The van der Waals surface area contributed by atoms with Crippen molar-refractivity contribution in [2.75, 3.05) is 5.32 Å². The number of phenols is 1. The van der Waals surface area contributed by atoms with Crippen molar-refractivity contribution in [1.82, 2.24) is 19.2 Å². The lowest BCUT2D eigenvalue weighted by atomic mass is 10.1. The van der Waals surface area contributed by atoms with Crippen molar-refractivity contribution < 1.29 is 9.90 Å². The van der Waals surface area contributed by atoms with E-state index in [1.165, 1.54) is 16.6 Å². The first-order valence-corrected chi connectivity index (χ1v) is 10.1. The van der Waals surface area contributed by atoms with Gasteiger partial charge in [0.1, 0.15) is 5.75 Å². The molecular weight excluding hydrogens is 394 g/mol. The van der Waals surface area contributed by atoms with Crippen LogP contribution in [-0.4, -0.2) is 30.2 Å². The lowest BCUT2D eigenvalue weighted by molar-refractivity contribution is -0.116. The topological polar surface area (TPSA) is 102 Å². The number of hydrogen-bond acceptors (Lipinski definition) is 5. The van der Waals surface area contributed by atoms with Gasteiger partial charge in [0.2, 0.25) is 11.7 Å². The van der Waals surface area contributed by atoms with Crippen molar-refractivity contribution in [1.29, 1.82) is 0 Å². The number of benzene rings is 2. The second-order valence-electron chi connectivity index (χ2n) is 7.22. The van der Waals surface area contributed by atoms with Crippen molar-refractivity contribution >= 4 is 17.4 Å². The van der Waals surface area contributed by atoms with Crippen LogP contribution < -0.4 is 10.9 Å². The number of aromatic hydroxyl groups is 1. The van der Waals surface area contributed by atoms with Gasteiger partial charge in [-0.15, -0.1) is 5.10 Å². The molecule has 8 nitrogen and oxygen atoms in total. The number of carbonyl (C=O) groups is 1. The highest BCUT2D eigenvalue weighted by molar-refractivity contribution is 5.90. The third kappa shape index (κ3) is 4.05. The van der Waals surface area contributed by atoms with Crippen LogP contribution >= 0.6 is 0 Å². The van der Waals surface area contributed by atoms with E-state index < -0.39 is 0 Å². The van der Waals surface area contributed by atoms with Gasteiger partial charge in [0, 0.05) is 35.5 Å². The summed E-state index contributed by atoms with van der Waals surface area (Å²) in [4.78, 5) is 30.1. The smallest absolute Gasteiger partial charge is 0.279 e. The van der Waals surface area contributed by atoms with Gasteiger partial charge in [0.25, 0.3) is 5.56 Å². The van der Waals surface area contributed by atoms with Gasteiger partial charge in [0.15, 0.2) is 5.82 Å². The molecule has 0 saturated carbocycles. The first kappa shape index (κ1) is 20.3. The molecule has 2 aromatic carbocycles. The highest BCUT2D eigenvalue weighted by atomic mass is 16.3. The van der Waals surface area contributed by atoms with Crippen LogP contribution in [0.4, 0.5) is 5.69 Å². The minimum absolute atomic E-state index is 0.129. The molecule has 2 N–H and O–H groups in total. The van der Waals surface area contributed by atoms with Gasteiger partial charge in [-0.05, 0) is 44.5 Å². The SMILES string of the molecule is CCn1c(C)c(CCC(=O)Nc2ccc(O)cc2)c(=O)n2nc(-c3ccccc3)nc12. The molecule has 31 heavy (non-hydrogen) atoms.